The van der Waals surface area contributed by atoms with Gasteiger partial charge < -0.3 is 14.8 Å². The second-order valence-corrected chi connectivity index (χ2v) is 7.63. The van der Waals surface area contributed by atoms with Gasteiger partial charge in [-0.15, -0.1) is 5.10 Å². The second kappa shape index (κ2) is 8.02. The maximum atomic E-state index is 12.2. The van der Waals surface area contributed by atoms with E-state index in [4.69, 9.17) is 9.47 Å². The minimum Gasteiger partial charge on any atom is -0.483 e. The van der Waals surface area contributed by atoms with Crippen molar-refractivity contribution < 1.29 is 14.3 Å². The van der Waals surface area contributed by atoms with Crippen molar-refractivity contribution >= 4 is 5.91 Å². The highest BCUT2D eigenvalue weighted by molar-refractivity contribution is 5.77. The fourth-order valence-corrected chi connectivity index (χ4v) is 3.32. The van der Waals surface area contributed by atoms with Crippen molar-refractivity contribution in [2.24, 2.45) is 0 Å². The van der Waals surface area contributed by atoms with Crippen LogP contribution in [0.25, 0.3) is 5.82 Å². The van der Waals surface area contributed by atoms with E-state index < -0.39 is 0 Å². The molecule has 1 aromatic carbocycles. The van der Waals surface area contributed by atoms with Crippen LogP contribution in [-0.2, 0) is 17.8 Å². The minimum absolute atomic E-state index is 0.143. The van der Waals surface area contributed by atoms with Crippen LogP contribution in [0.1, 0.15) is 19.4 Å². The zero-order valence-corrected chi connectivity index (χ0v) is 16.9. The van der Waals surface area contributed by atoms with Crippen LogP contribution in [0.5, 0.6) is 11.5 Å². The Morgan fingerprint density at radius 1 is 1.27 bits per heavy atom. The molecule has 0 atom stereocenters. The fraction of sp³-hybridized carbons (Fsp3) is 0.333. The lowest BCUT2D eigenvalue weighted by atomic mass is 10.0. The monoisotopic (exact) mass is 409 g/mol. The first-order valence-electron chi connectivity index (χ1n) is 9.70. The van der Waals surface area contributed by atoms with Crippen molar-refractivity contribution in [3.05, 3.63) is 64.7 Å². The molecule has 0 bridgehead atoms. The molecular weight excluding hydrogens is 386 g/mol. The van der Waals surface area contributed by atoms with Crippen LogP contribution in [0.15, 0.2) is 53.6 Å². The first kappa shape index (κ1) is 19.7. The van der Waals surface area contributed by atoms with Crippen molar-refractivity contribution in [2.75, 3.05) is 13.2 Å². The summed E-state index contributed by atoms with van der Waals surface area (Å²) in [5.41, 5.74) is 0.533. The number of carbonyl (C=O) groups is 1. The van der Waals surface area contributed by atoms with E-state index in [1.54, 1.807) is 35.3 Å². The molecule has 0 aliphatic carbocycles. The molecule has 30 heavy (non-hydrogen) atoms. The molecule has 0 spiro atoms. The summed E-state index contributed by atoms with van der Waals surface area (Å²) in [4.78, 5) is 24.2. The minimum atomic E-state index is -0.291. The molecule has 1 N–H and O–H groups in total. The molecule has 1 aliphatic heterocycles. The van der Waals surface area contributed by atoms with E-state index in [9.17, 15) is 9.59 Å². The molecule has 156 valence electrons. The molecule has 1 aliphatic rings. The first-order valence-corrected chi connectivity index (χ1v) is 9.70. The number of benzene rings is 1. The third-order valence-corrected chi connectivity index (χ3v) is 4.65. The van der Waals surface area contributed by atoms with E-state index in [1.165, 1.54) is 10.7 Å². The Morgan fingerprint density at radius 2 is 2.13 bits per heavy atom. The van der Waals surface area contributed by atoms with Crippen LogP contribution in [0, 0.1) is 0 Å². The summed E-state index contributed by atoms with van der Waals surface area (Å²) >= 11 is 0. The lowest BCUT2D eigenvalue weighted by Gasteiger charge is -2.18. The molecule has 2 aromatic heterocycles. The molecule has 0 saturated heterocycles. The van der Waals surface area contributed by atoms with Gasteiger partial charge >= 0.3 is 0 Å². The van der Waals surface area contributed by atoms with Crippen LogP contribution in [0.3, 0.4) is 0 Å². The predicted molar refractivity (Wildman–Crippen MR) is 109 cm³/mol. The number of rotatable bonds is 7. The highest BCUT2D eigenvalue weighted by Crippen LogP contribution is 2.41. The normalized spacial score (nSPS) is 14.1. The third kappa shape index (κ3) is 4.35. The number of hydrogen-bond donors (Lipinski definition) is 1. The summed E-state index contributed by atoms with van der Waals surface area (Å²) in [6.45, 7) is 4.36. The molecule has 0 saturated carbocycles. The topological polar surface area (TPSA) is 100 Å². The van der Waals surface area contributed by atoms with Gasteiger partial charge in [0.25, 0.3) is 11.5 Å². The van der Waals surface area contributed by atoms with Crippen molar-refractivity contribution in [3.8, 4) is 17.3 Å². The quantitative estimate of drug-likeness (QED) is 0.632. The second-order valence-electron chi connectivity index (χ2n) is 7.63. The van der Waals surface area contributed by atoms with E-state index in [0.717, 1.165) is 12.0 Å². The van der Waals surface area contributed by atoms with E-state index in [2.05, 4.69) is 15.5 Å². The van der Waals surface area contributed by atoms with Crippen molar-refractivity contribution in [1.82, 2.24) is 24.9 Å². The number of amides is 1. The lowest BCUT2D eigenvalue weighted by Crippen LogP contribution is -2.34. The Hall–Kier alpha value is -3.62. The molecule has 3 heterocycles. The summed E-state index contributed by atoms with van der Waals surface area (Å²) in [6, 6.07) is 10.5. The van der Waals surface area contributed by atoms with E-state index in [1.807, 2.05) is 26.0 Å². The van der Waals surface area contributed by atoms with Crippen molar-refractivity contribution in [3.63, 3.8) is 0 Å². The molecule has 9 nitrogen and oxygen atoms in total. The Labute approximate surface area is 173 Å². The molecule has 3 aromatic rings. The van der Waals surface area contributed by atoms with Gasteiger partial charge in [0, 0.05) is 37.0 Å². The average Bonchev–Trinajstić information content (AvgIpc) is 3.34. The Kier molecular flexibility index (Phi) is 5.26. The number of carbonyl (C=O) groups excluding carboxylic acids is 1. The number of nitrogens with one attached hydrogen (secondary N) is 1. The molecule has 4 rings (SSSR count). The van der Waals surface area contributed by atoms with Gasteiger partial charge in [-0.1, -0.05) is 12.1 Å². The smallest absolute Gasteiger partial charge is 0.266 e. The Morgan fingerprint density at radius 3 is 2.93 bits per heavy atom. The predicted octanol–water partition coefficient (Wildman–Crippen LogP) is 1.34. The highest BCUT2D eigenvalue weighted by Gasteiger charge is 2.32. The number of para-hydroxylation sites is 1. The van der Waals surface area contributed by atoms with Crippen LogP contribution < -0.4 is 20.3 Å². The zero-order chi connectivity index (χ0) is 21.1. The van der Waals surface area contributed by atoms with Crippen LogP contribution in [-0.4, -0.2) is 44.2 Å². The van der Waals surface area contributed by atoms with Crippen LogP contribution in [0.4, 0.5) is 0 Å². The van der Waals surface area contributed by atoms with Crippen LogP contribution >= 0.6 is 0 Å². The number of nitrogens with zero attached hydrogens (tertiary/aromatic N) is 4. The van der Waals surface area contributed by atoms with Crippen LogP contribution in [0.2, 0.25) is 0 Å². The highest BCUT2D eigenvalue weighted by atomic mass is 16.5. The van der Waals surface area contributed by atoms with Gasteiger partial charge in [-0.05, 0) is 32.0 Å². The van der Waals surface area contributed by atoms with E-state index in [0.29, 0.717) is 17.3 Å². The van der Waals surface area contributed by atoms with Crippen molar-refractivity contribution in [1.29, 1.82) is 0 Å². The van der Waals surface area contributed by atoms with Crippen molar-refractivity contribution in [2.45, 2.75) is 32.4 Å². The summed E-state index contributed by atoms with van der Waals surface area (Å²) in [5, 5.41) is 11.1. The molecule has 0 fully saturated rings. The molecule has 9 heteroatoms. The van der Waals surface area contributed by atoms with Gasteiger partial charge in [0.15, 0.2) is 23.9 Å². The Balaban J connectivity index is 1.30. The SMILES string of the molecule is CC1(C)Cc2cccc(OCC(=O)NCCn3nc(-n4cccn4)ccc3=O)c2O1. The number of fused-ring (bicyclic) bond motifs is 1. The standard InChI is InChI=1S/C21H23N5O4/c1-21(2)13-15-5-3-6-16(20(15)30-21)29-14-18(27)22-10-12-26-19(28)8-7-17(24-26)25-11-4-9-23-25/h3-9,11H,10,12-14H2,1-2H3,(H,22,27). The molecule has 1 amide bonds. The third-order valence-electron chi connectivity index (χ3n) is 4.65. The average molecular weight is 409 g/mol. The van der Waals surface area contributed by atoms with Gasteiger partial charge in [-0.3, -0.25) is 9.59 Å². The summed E-state index contributed by atoms with van der Waals surface area (Å²) in [7, 11) is 0. The van der Waals surface area contributed by atoms with E-state index >= 15 is 0 Å². The maximum absolute atomic E-state index is 12.2. The van der Waals surface area contributed by atoms with Gasteiger partial charge in [0.1, 0.15) is 5.60 Å². The molecular formula is C21H23N5O4. The largest absolute Gasteiger partial charge is 0.483 e. The number of aromatic nitrogens is 4. The first-order chi connectivity index (χ1) is 14.4. The fourth-order valence-electron chi connectivity index (χ4n) is 3.32. The molecule has 0 unspecified atom stereocenters. The summed E-state index contributed by atoms with van der Waals surface area (Å²) < 4.78 is 14.5. The van der Waals surface area contributed by atoms with E-state index in [-0.39, 0.29) is 36.8 Å². The lowest BCUT2D eigenvalue weighted by molar-refractivity contribution is -0.123. The maximum Gasteiger partial charge on any atom is 0.266 e. The summed E-state index contributed by atoms with van der Waals surface area (Å²) in [6.07, 6.45) is 4.16. The van der Waals surface area contributed by atoms with Gasteiger partial charge in [0.05, 0.1) is 6.54 Å². The number of hydrogen-bond acceptors (Lipinski definition) is 6. The summed E-state index contributed by atoms with van der Waals surface area (Å²) in [5.74, 6) is 1.48. The van der Waals surface area contributed by atoms with Gasteiger partial charge in [-0.2, -0.15) is 5.10 Å². The van der Waals surface area contributed by atoms with Gasteiger partial charge in [0.2, 0.25) is 0 Å². The Bertz CT molecular complexity index is 1100. The van der Waals surface area contributed by atoms with Gasteiger partial charge in [-0.25, -0.2) is 9.36 Å². The zero-order valence-electron chi connectivity index (χ0n) is 16.9. The molecule has 0 radical (unpaired) electrons. The number of ether oxygens (including phenoxy) is 2.